The van der Waals surface area contributed by atoms with Crippen LogP contribution < -0.4 is 5.32 Å². The Kier molecular flexibility index (Phi) is 5.84. The number of likely N-dealkylation sites (tertiary alicyclic amines) is 3. The lowest BCUT2D eigenvalue weighted by atomic mass is 9.74. The molecule has 7 rings (SSSR count). The van der Waals surface area contributed by atoms with Gasteiger partial charge in [0.15, 0.2) is 0 Å². The lowest BCUT2D eigenvalue weighted by molar-refractivity contribution is -0.134. The summed E-state index contributed by atoms with van der Waals surface area (Å²) in [5.74, 6) is 1.27. The summed E-state index contributed by atoms with van der Waals surface area (Å²) in [6.45, 7) is 5.61. The second-order valence-corrected chi connectivity index (χ2v) is 12.1. The number of nitrogens with one attached hydrogen (secondary N) is 1. The number of urea groups is 1. The Morgan fingerprint density at radius 3 is 2.42 bits per heavy atom. The monoisotopic (exact) mass is 458 g/mol. The molecule has 0 spiro atoms. The van der Waals surface area contributed by atoms with E-state index in [1.54, 1.807) is 0 Å². The van der Waals surface area contributed by atoms with Crippen LogP contribution in [0.25, 0.3) is 0 Å². The molecule has 5 unspecified atom stereocenters. The van der Waals surface area contributed by atoms with Crippen molar-refractivity contribution >= 4 is 11.9 Å². The van der Waals surface area contributed by atoms with E-state index in [0.717, 1.165) is 71.0 Å². The first-order valence-corrected chi connectivity index (χ1v) is 13.8. The summed E-state index contributed by atoms with van der Waals surface area (Å²) in [7, 11) is 0. The van der Waals surface area contributed by atoms with Gasteiger partial charge in [0.05, 0.1) is 11.5 Å². The van der Waals surface area contributed by atoms with E-state index in [-0.39, 0.29) is 35.4 Å². The molecule has 2 N–H and O–H groups in total. The van der Waals surface area contributed by atoms with Gasteiger partial charge in [-0.1, -0.05) is 6.42 Å². The van der Waals surface area contributed by atoms with Gasteiger partial charge in [-0.25, -0.2) is 4.79 Å². The van der Waals surface area contributed by atoms with Crippen LogP contribution in [-0.2, 0) is 4.79 Å². The highest BCUT2D eigenvalue weighted by Crippen LogP contribution is 2.65. The first-order chi connectivity index (χ1) is 16.0. The van der Waals surface area contributed by atoms with Crippen LogP contribution in [0.1, 0.15) is 70.6 Å². The van der Waals surface area contributed by atoms with E-state index in [0.29, 0.717) is 24.4 Å². The smallest absolute Gasteiger partial charge is 0.320 e. The molecule has 3 amide bonds. The van der Waals surface area contributed by atoms with Gasteiger partial charge in [0.1, 0.15) is 0 Å². The number of aliphatic hydroxyl groups is 1. The third-order valence-electron chi connectivity index (χ3n) is 10.2. The molecule has 4 aliphatic carbocycles. The molecule has 33 heavy (non-hydrogen) atoms. The number of carbonyl (C=O) groups is 2. The average Bonchev–Trinajstić information content (AvgIpc) is 3.23. The predicted molar refractivity (Wildman–Crippen MR) is 126 cm³/mol. The number of hydrogen-bond acceptors (Lipinski definition) is 4. The van der Waals surface area contributed by atoms with E-state index in [1.807, 2.05) is 4.90 Å². The Bertz CT molecular complexity index is 763. The molecule has 0 radical (unpaired) electrons. The van der Waals surface area contributed by atoms with Crippen molar-refractivity contribution in [2.75, 3.05) is 39.3 Å². The summed E-state index contributed by atoms with van der Waals surface area (Å²) >= 11 is 0. The van der Waals surface area contributed by atoms with Gasteiger partial charge in [0.2, 0.25) is 5.91 Å². The van der Waals surface area contributed by atoms with Crippen molar-refractivity contribution in [3.63, 3.8) is 0 Å². The van der Waals surface area contributed by atoms with Crippen LogP contribution in [0.4, 0.5) is 4.79 Å². The highest BCUT2D eigenvalue weighted by atomic mass is 16.3. The largest absolute Gasteiger partial charge is 0.393 e. The highest BCUT2D eigenvalue weighted by molar-refractivity contribution is 5.85. The minimum Gasteiger partial charge on any atom is -0.393 e. The molecule has 7 fully saturated rings. The molecule has 3 heterocycles. The molecule has 4 bridgehead atoms. The van der Waals surface area contributed by atoms with Gasteiger partial charge in [-0.2, -0.15) is 0 Å². The van der Waals surface area contributed by atoms with Crippen molar-refractivity contribution in [3.05, 3.63) is 0 Å². The first-order valence-electron chi connectivity index (χ1n) is 13.8. The maximum absolute atomic E-state index is 13.5. The maximum atomic E-state index is 13.5. The number of piperidine rings is 3. The highest BCUT2D eigenvalue weighted by Gasteiger charge is 2.65. The van der Waals surface area contributed by atoms with E-state index in [9.17, 15) is 14.7 Å². The van der Waals surface area contributed by atoms with Crippen molar-refractivity contribution in [1.82, 2.24) is 20.0 Å². The van der Waals surface area contributed by atoms with Crippen LogP contribution >= 0.6 is 0 Å². The third kappa shape index (κ3) is 3.87. The third-order valence-corrected chi connectivity index (χ3v) is 10.2. The average molecular weight is 459 g/mol. The summed E-state index contributed by atoms with van der Waals surface area (Å²) in [6.07, 6.45) is 11.7. The van der Waals surface area contributed by atoms with Crippen LogP contribution in [0.3, 0.4) is 0 Å². The second-order valence-electron chi connectivity index (χ2n) is 12.1. The minimum atomic E-state index is -0.338. The zero-order chi connectivity index (χ0) is 22.6. The molecule has 4 saturated carbocycles. The zero-order valence-corrected chi connectivity index (χ0v) is 20.1. The summed E-state index contributed by atoms with van der Waals surface area (Å²) < 4.78 is 0. The molecule has 7 nitrogen and oxygen atoms in total. The van der Waals surface area contributed by atoms with E-state index >= 15 is 0 Å². The van der Waals surface area contributed by atoms with E-state index in [2.05, 4.69) is 15.1 Å². The number of nitrogens with zero attached hydrogens (tertiary/aromatic N) is 3. The lowest BCUT2D eigenvalue weighted by Gasteiger charge is -2.43. The second kappa shape index (κ2) is 8.71. The quantitative estimate of drug-likeness (QED) is 0.681. The Labute approximate surface area is 198 Å². The van der Waals surface area contributed by atoms with Crippen LogP contribution in [0.2, 0.25) is 0 Å². The fraction of sp³-hybridized carbons (Fsp3) is 0.923. The summed E-state index contributed by atoms with van der Waals surface area (Å²) in [5, 5.41) is 14.0. The lowest BCUT2D eigenvalue weighted by Crippen LogP contribution is -2.57. The van der Waals surface area contributed by atoms with Crippen molar-refractivity contribution in [1.29, 1.82) is 0 Å². The van der Waals surface area contributed by atoms with Gasteiger partial charge < -0.3 is 25.1 Å². The molecule has 0 aromatic rings. The number of amides is 3. The molecule has 0 aromatic carbocycles. The van der Waals surface area contributed by atoms with Gasteiger partial charge in [0.25, 0.3) is 0 Å². The van der Waals surface area contributed by atoms with E-state index in [4.69, 9.17) is 0 Å². The molecule has 3 aliphatic heterocycles. The predicted octanol–water partition coefficient (Wildman–Crippen LogP) is 2.43. The van der Waals surface area contributed by atoms with Gasteiger partial charge in [0, 0.05) is 38.3 Å². The number of hydrogen-bond donors (Lipinski definition) is 2. The molecule has 184 valence electrons. The SMILES string of the molecule is O=C(N1CCC(N2CCCCC2)CC1)N1CCC[C@H](NC(=O)C23CC4CC(C2)C(O)C3C4)C1. The van der Waals surface area contributed by atoms with Crippen molar-refractivity contribution in [2.45, 2.75) is 88.8 Å². The summed E-state index contributed by atoms with van der Waals surface area (Å²) in [4.78, 5) is 33.4. The Morgan fingerprint density at radius 2 is 1.64 bits per heavy atom. The molecule has 6 atom stereocenters. The topological polar surface area (TPSA) is 76.1 Å². The fourth-order valence-electron chi connectivity index (χ4n) is 8.64. The van der Waals surface area contributed by atoms with Crippen molar-refractivity contribution in [3.8, 4) is 0 Å². The molecule has 7 aliphatic rings. The van der Waals surface area contributed by atoms with Gasteiger partial charge in [-0.15, -0.1) is 0 Å². The molecular weight excluding hydrogens is 416 g/mol. The molecular formula is C26H42N4O3. The van der Waals surface area contributed by atoms with Crippen LogP contribution in [0, 0.1) is 23.2 Å². The summed E-state index contributed by atoms with van der Waals surface area (Å²) in [5.41, 5.74) is -0.338. The standard InChI is InChI=1S/C26H42N4O3/c31-23-19-13-18-14-22(23)26(15-18,16-19)24(32)27-20-5-4-10-30(17-20)25(33)29-11-6-21(7-12-29)28-8-2-1-3-9-28/h18-23,31H,1-17H2,(H,27,32)/t18?,19?,20-,22?,23?,26?/m0/s1. The van der Waals surface area contributed by atoms with Crippen LogP contribution in [0.15, 0.2) is 0 Å². The minimum absolute atomic E-state index is 0.0470. The molecule has 3 saturated heterocycles. The summed E-state index contributed by atoms with van der Waals surface area (Å²) in [6, 6.07) is 0.862. The van der Waals surface area contributed by atoms with Gasteiger partial charge in [-0.3, -0.25) is 4.79 Å². The Hall–Kier alpha value is -1.34. The Morgan fingerprint density at radius 1 is 0.848 bits per heavy atom. The first kappa shape index (κ1) is 22.1. The number of rotatable bonds is 3. The van der Waals surface area contributed by atoms with E-state index < -0.39 is 0 Å². The van der Waals surface area contributed by atoms with Crippen LogP contribution in [0.5, 0.6) is 0 Å². The number of carbonyl (C=O) groups excluding carboxylic acids is 2. The maximum Gasteiger partial charge on any atom is 0.320 e. The van der Waals surface area contributed by atoms with Gasteiger partial charge >= 0.3 is 6.03 Å². The normalized spacial score (nSPS) is 41.5. The van der Waals surface area contributed by atoms with Crippen LogP contribution in [-0.4, -0.2) is 89.2 Å². The number of aliphatic hydroxyl groups excluding tert-OH is 1. The Balaban J connectivity index is 1.02. The van der Waals surface area contributed by atoms with Crippen molar-refractivity contribution < 1.29 is 14.7 Å². The molecule has 7 heteroatoms. The van der Waals surface area contributed by atoms with Gasteiger partial charge in [-0.05, 0) is 95.1 Å². The zero-order valence-electron chi connectivity index (χ0n) is 20.1. The van der Waals surface area contributed by atoms with Crippen molar-refractivity contribution in [2.24, 2.45) is 23.2 Å². The molecule has 0 aromatic heterocycles. The van der Waals surface area contributed by atoms with E-state index in [1.165, 1.54) is 32.4 Å². The fourth-order valence-corrected chi connectivity index (χ4v) is 8.64.